The summed E-state index contributed by atoms with van der Waals surface area (Å²) in [5, 5.41) is 20.0. The van der Waals surface area contributed by atoms with Gasteiger partial charge in [0.1, 0.15) is 6.10 Å². The highest BCUT2D eigenvalue weighted by Gasteiger charge is 2.51. The second kappa shape index (κ2) is 9.00. The third-order valence-corrected chi connectivity index (χ3v) is 11.3. The van der Waals surface area contributed by atoms with Crippen LogP contribution in [0, 0.1) is 11.8 Å². The molecule has 2 N–H and O–H groups in total. The molecule has 1 saturated heterocycles. The fourth-order valence-corrected chi connectivity index (χ4v) is 5.33. The second-order valence-electron chi connectivity index (χ2n) is 9.74. The molecule has 0 saturated carbocycles. The summed E-state index contributed by atoms with van der Waals surface area (Å²) in [5.74, 6) is 0.0826. The lowest BCUT2D eigenvalue weighted by Crippen LogP contribution is -2.54. The second-order valence-corrected chi connectivity index (χ2v) is 14.5. The van der Waals surface area contributed by atoms with Crippen LogP contribution in [-0.4, -0.2) is 56.7 Å². The Hall–Kier alpha value is -1.02. The third kappa shape index (κ3) is 4.84. The van der Waals surface area contributed by atoms with E-state index in [4.69, 9.17) is 13.9 Å². The van der Waals surface area contributed by atoms with Crippen LogP contribution in [0.15, 0.2) is 42.0 Å². The van der Waals surface area contributed by atoms with E-state index in [2.05, 4.69) is 39.9 Å². The predicted molar refractivity (Wildman–Crippen MR) is 116 cm³/mol. The maximum atomic E-state index is 9.95. The van der Waals surface area contributed by atoms with Gasteiger partial charge in [-0.1, -0.05) is 57.2 Å². The topological polar surface area (TPSA) is 68.2 Å². The van der Waals surface area contributed by atoms with E-state index in [-0.39, 0.29) is 42.3 Å². The van der Waals surface area contributed by atoms with Crippen LogP contribution >= 0.6 is 0 Å². The largest absolute Gasteiger partial charge is 0.410 e. The molecule has 1 aromatic rings. The van der Waals surface area contributed by atoms with Gasteiger partial charge >= 0.3 is 0 Å². The Morgan fingerprint density at radius 2 is 1.83 bits per heavy atom. The molecule has 1 fully saturated rings. The Balaban J connectivity index is 1.85. The molecule has 1 aromatic carbocycles. The molecule has 6 heteroatoms. The number of benzene rings is 1. The standard InChI is InChI=1S/C23H36O5Si/c1-23(2,3)29(4,5)28-19-11-17(12-24)18-15-26-20(13-25)22(21(18)19)27-14-16-9-7-6-8-10-16/h6-11,18-22,24-25H,12-15H2,1-5H3/t18-,19+,20-,21-,22-/m1/s1. The van der Waals surface area contributed by atoms with Crippen LogP contribution in [0.4, 0.5) is 0 Å². The van der Waals surface area contributed by atoms with Gasteiger partial charge in [0, 0.05) is 11.8 Å². The molecule has 0 amide bonds. The zero-order valence-electron chi connectivity index (χ0n) is 18.3. The maximum Gasteiger partial charge on any atom is 0.192 e. The zero-order chi connectivity index (χ0) is 21.2. The molecule has 5 atom stereocenters. The van der Waals surface area contributed by atoms with Gasteiger partial charge < -0.3 is 24.1 Å². The normalized spacial score (nSPS) is 30.2. The van der Waals surface area contributed by atoms with Gasteiger partial charge in [-0.15, -0.1) is 0 Å². The third-order valence-electron chi connectivity index (χ3n) is 6.82. The molecular weight excluding hydrogens is 384 g/mol. The first-order valence-electron chi connectivity index (χ1n) is 10.5. The van der Waals surface area contributed by atoms with E-state index >= 15 is 0 Å². The molecule has 1 aliphatic heterocycles. The zero-order valence-corrected chi connectivity index (χ0v) is 19.3. The quantitative estimate of drug-likeness (QED) is 0.522. The average Bonchev–Trinajstić information content (AvgIpc) is 3.03. The Morgan fingerprint density at radius 3 is 2.41 bits per heavy atom. The van der Waals surface area contributed by atoms with Crippen LogP contribution in [0.3, 0.4) is 0 Å². The van der Waals surface area contributed by atoms with Gasteiger partial charge in [0.25, 0.3) is 0 Å². The number of hydrogen-bond acceptors (Lipinski definition) is 5. The van der Waals surface area contributed by atoms with Crippen molar-refractivity contribution >= 4 is 8.32 Å². The van der Waals surface area contributed by atoms with Crippen LogP contribution < -0.4 is 0 Å². The molecule has 29 heavy (non-hydrogen) atoms. The minimum absolute atomic E-state index is 0.00289. The maximum absolute atomic E-state index is 9.95. The van der Waals surface area contributed by atoms with Crippen LogP contribution in [0.5, 0.6) is 0 Å². The number of fused-ring (bicyclic) bond motifs is 1. The Kier molecular flexibility index (Phi) is 7.03. The van der Waals surface area contributed by atoms with Crippen molar-refractivity contribution in [3.05, 3.63) is 47.5 Å². The summed E-state index contributed by atoms with van der Waals surface area (Å²) in [6, 6.07) is 10.0. The summed E-state index contributed by atoms with van der Waals surface area (Å²) >= 11 is 0. The summed E-state index contributed by atoms with van der Waals surface area (Å²) in [6.45, 7) is 12.0. The summed E-state index contributed by atoms with van der Waals surface area (Å²) < 4.78 is 19.1. The van der Waals surface area contributed by atoms with E-state index in [0.717, 1.165) is 11.1 Å². The first-order valence-corrected chi connectivity index (χ1v) is 13.5. The van der Waals surface area contributed by atoms with Crippen LogP contribution in [-0.2, 0) is 20.5 Å². The lowest BCUT2D eigenvalue weighted by molar-refractivity contribution is -0.178. The van der Waals surface area contributed by atoms with Crippen molar-refractivity contribution in [3.8, 4) is 0 Å². The lowest BCUT2D eigenvalue weighted by atomic mass is 9.81. The minimum atomic E-state index is -2.02. The van der Waals surface area contributed by atoms with E-state index in [0.29, 0.717) is 13.2 Å². The van der Waals surface area contributed by atoms with Gasteiger partial charge in [-0.25, -0.2) is 0 Å². The number of aliphatic hydroxyl groups is 2. The number of aliphatic hydroxyl groups excluding tert-OH is 2. The number of rotatable bonds is 7. The average molecular weight is 421 g/mol. The SMILES string of the molecule is CC(C)(C)[Si](C)(C)O[C@H]1C=C(CO)[C@H]2CO[C@H](CO)[C@@H](OCc3ccccc3)[C@@H]12. The molecule has 1 aliphatic carbocycles. The number of ether oxygens (including phenoxy) is 2. The molecule has 0 aromatic heterocycles. The molecule has 0 unspecified atom stereocenters. The molecule has 5 nitrogen and oxygen atoms in total. The highest BCUT2D eigenvalue weighted by molar-refractivity contribution is 6.74. The Morgan fingerprint density at radius 1 is 1.14 bits per heavy atom. The summed E-state index contributed by atoms with van der Waals surface area (Å²) in [4.78, 5) is 0. The van der Waals surface area contributed by atoms with Crippen molar-refractivity contribution in [3.63, 3.8) is 0 Å². The molecule has 3 rings (SSSR count). The molecule has 162 valence electrons. The first kappa shape index (κ1) is 22.7. The van der Waals surface area contributed by atoms with E-state index in [1.807, 2.05) is 30.3 Å². The van der Waals surface area contributed by atoms with Crippen molar-refractivity contribution < 1.29 is 24.1 Å². The van der Waals surface area contributed by atoms with Gasteiger partial charge in [0.2, 0.25) is 0 Å². The van der Waals surface area contributed by atoms with Crippen molar-refractivity contribution in [2.45, 2.75) is 63.8 Å². The fraction of sp³-hybridized carbons (Fsp3) is 0.652. The molecule has 1 heterocycles. The predicted octanol–water partition coefficient (Wildman–Crippen LogP) is 3.52. The van der Waals surface area contributed by atoms with Gasteiger partial charge in [0.05, 0.1) is 38.6 Å². The van der Waals surface area contributed by atoms with Crippen LogP contribution in [0.25, 0.3) is 0 Å². The monoisotopic (exact) mass is 420 g/mol. The first-order chi connectivity index (χ1) is 13.7. The Bertz CT molecular complexity index is 697. The van der Waals surface area contributed by atoms with Crippen LogP contribution in [0.2, 0.25) is 18.1 Å². The fourth-order valence-electron chi connectivity index (χ4n) is 4.07. The minimum Gasteiger partial charge on any atom is -0.410 e. The van der Waals surface area contributed by atoms with E-state index in [1.54, 1.807) is 0 Å². The van der Waals surface area contributed by atoms with Gasteiger partial charge in [-0.2, -0.15) is 0 Å². The lowest BCUT2D eigenvalue weighted by Gasteiger charge is -2.45. The van der Waals surface area contributed by atoms with Crippen molar-refractivity contribution in [2.75, 3.05) is 19.8 Å². The van der Waals surface area contributed by atoms with Gasteiger partial charge in [-0.05, 0) is 29.3 Å². The molecular formula is C23H36O5Si. The molecule has 0 spiro atoms. The Labute approximate surface area is 175 Å². The number of hydrogen-bond donors (Lipinski definition) is 2. The molecule has 0 bridgehead atoms. The van der Waals surface area contributed by atoms with Gasteiger partial charge in [-0.3, -0.25) is 0 Å². The van der Waals surface area contributed by atoms with E-state index in [9.17, 15) is 10.2 Å². The molecule has 2 aliphatic rings. The van der Waals surface area contributed by atoms with Gasteiger partial charge in [0.15, 0.2) is 8.32 Å². The van der Waals surface area contributed by atoms with Crippen molar-refractivity contribution in [1.82, 2.24) is 0 Å². The van der Waals surface area contributed by atoms with Crippen LogP contribution in [0.1, 0.15) is 26.3 Å². The summed E-state index contributed by atoms with van der Waals surface area (Å²) in [6.07, 6.45) is 1.25. The highest BCUT2D eigenvalue weighted by atomic mass is 28.4. The van der Waals surface area contributed by atoms with Crippen molar-refractivity contribution in [1.29, 1.82) is 0 Å². The summed E-state index contributed by atoms with van der Waals surface area (Å²) in [7, 11) is -2.02. The smallest absolute Gasteiger partial charge is 0.192 e. The van der Waals surface area contributed by atoms with E-state index in [1.165, 1.54) is 0 Å². The summed E-state index contributed by atoms with van der Waals surface area (Å²) in [5.41, 5.74) is 2.05. The van der Waals surface area contributed by atoms with Crippen molar-refractivity contribution in [2.24, 2.45) is 11.8 Å². The highest BCUT2D eigenvalue weighted by Crippen LogP contribution is 2.46. The van der Waals surface area contributed by atoms with E-state index < -0.39 is 14.4 Å². The molecule has 0 radical (unpaired) electrons.